The topological polar surface area (TPSA) is 99.9 Å². The highest BCUT2D eigenvalue weighted by Crippen LogP contribution is 2.19. The SMILES string of the molecule is COc1cccc(Nc2nccc(C(=O)Nc3cccc(C#N)c3)n2)c1. The number of benzene rings is 2. The summed E-state index contributed by atoms with van der Waals surface area (Å²) in [5.74, 6) is 0.592. The molecule has 0 unspecified atom stereocenters. The third kappa shape index (κ3) is 4.13. The molecule has 7 nitrogen and oxygen atoms in total. The van der Waals surface area contributed by atoms with Gasteiger partial charge in [0, 0.05) is 23.6 Å². The van der Waals surface area contributed by atoms with E-state index in [0.717, 1.165) is 5.69 Å². The Kier molecular flexibility index (Phi) is 5.05. The molecule has 7 heteroatoms. The number of hydrogen-bond donors (Lipinski definition) is 2. The van der Waals surface area contributed by atoms with Crippen LogP contribution in [0.1, 0.15) is 16.1 Å². The molecule has 1 amide bonds. The van der Waals surface area contributed by atoms with Crippen LogP contribution in [0.5, 0.6) is 5.75 Å². The maximum absolute atomic E-state index is 12.4. The minimum absolute atomic E-state index is 0.202. The Morgan fingerprint density at radius 1 is 1.12 bits per heavy atom. The van der Waals surface area contributed by atoms with Crippen LogP contribution in [0, 0.1) is 11.3 Å². The van der Waals surface area contributed by atoms with Crippen LogP contribution in [-0.2, 0) is 0 Å². The van der Waals surface area contributed by atoms with Gasteiger partial charge in [0.15, 0.2) is 0 Å². The number of nitrogens with one attached hydrogen (secondary N) is 2. The second-order valence-corrected chi connectivity index (χ2v) is 5.27. The second kappa shape index (κ2) is 7.77. The molecule has 0 aliphatic rings. The molecular formula is C19H15N5O2. The van der Waals surface area contributed by atoms with Gasteiger partial charge in [-0.15, -0.1) is 0 Å². The molecule has 2 aromatic carbocycles. The van der Waals surface area contributed by atoms with Gasteiger partial charge in [-0.2, -0.15) is 5.26 Å². The van der Waals surface area contributed by atoms with Crippen LogP contribution >= 0.6 is 0 Å². The second-order valence-electron chi connectivity index (χ2n) is 5.27. The molecule has 0 bridgehead atoms. The number of hydrogen-bond acceptors (Lipinski definition) is 6. The summed E-state index contributed by atoms with van der Waals surface area (Å²) in [6.07, 6.45) is 1.50. The molecule has 26 heavy (non-hydrogen) atoms. The van der Waals surface area contributed by atoms with Crippen molar-refractivity contribution in [1.82, 2.24) is 9.97 Å². The number of carbonyl (C=O) groups excluding carboxylic acids is 1. The zero-order valence-corrected chi connectivity index (χ0v) is 13.9. The first-order chi connectivity index (χ1) is 12.7. The van der Waals surface area contributed by atoms with Crippen LogP contribution in [0.2, 0.25) is 0 Å². The maximum atomic E-state index is 12.4. The number of anilines is 3. The first kappa shape index (κ1) is 16.9. The Morgan fingerprint density at radius 3 is 2.73 bits per heavy atom. The van der Waals surface area contributed by atoms with Crippen molar-refractivity contribution >= 4 is 23.2 Å². The normalized spacial score (nSPS) is 9.85. The minimum atomic E-state index is -0.392. The van der Waals surface area contributed by atoms with Crippen molar-refractivity contribution in [3.63, 3.8) is 0 Å². The van der Waals surface area contributed by atoms with Gasteiger partial charge in [-0.05, 0) is 36.4 Å². The van der Waals surface area contributed by atoms with Gasteiger partial charge in [0.1, 0.15) is 11.4 Å². The summed E-state index contributed by atoms with van der Waals surface area (Å²) in [6.45, 7) is 0. The van der Waals surface area contributed by atoms with E-state index in [2.05, 4.69) is 20.6 Å². The van der Waals surface area contributed by atoms with E-state index in [1.807, 2.05) is 24.3 Å². The summed E-state index contributed by atoms with van der Waals surface area (Å²) in [7, 11) is 1.59. The zero-order valence-electron chi connectivity index (χ0n) is 13.9. The Bertz CT molecular complexity index is 981. The molecule has 128 valence electrons. The van der Waals surface area contributed by atoms with E-state index in [1.54, 1.807) is 37.4 Å². The monoisotopic (exact) mass is 345 g/mol. The van der Waals surface area contributed by atoms with Crippen LogP contribution in [0.25, 0.3) is 0 Å². The Morgan fingerprint density at radius 2 is 1.92 bits per heavy atom. The molecule has 3 aromatic rings. The molecule has 0 spiro atoms. The van der Waals surface area contributed by atoms with Crippen molar-refractivity contribution in [2.45, 2.75) is 0 Å². The highest BCUT2D eigenvalue weighted by Gasteiger charge is 2.10. The van der Waals surface area contributed by atoms with Crippen molar-refractivity contribution in [2.75, 3.05) is 17.7 Å². The lowest BCUT2D eigenvalue weighted by molar-refractivity contribution is 0.102. The van der Waals surface area contributed by atoms with Gasteiger partial charge in [-0.1, -0.05) is 12.1 Å². The van der Waals surface area contributed by atoms with Gasteiger partial charge < -0.3 is 15.4 Å². The van der Waals surface area contributed by atoms with Crippen molar-refractivity contribution in [2.24, 2.45) is 0 Å². The van der Waals surface area contributed by atoms with E-state index >= 15 is 0 Å². The van der Waals surface area contributed by atoms with Crippen molar-refractivity contribution in [3.05, 3.63) is 72.1 Å². The molecule has 0 aliphatic heterocycles. The molecule has 1 aromatic heterocycles. The fourth-order valence-electron chi connectivity index (χ4n) is 2.24. The first-order valence-electron chi connectivity index (χ1n) is 7.73. The van der Waals surface area contributed by atoms with E-state index in [0.29, 0.717) is 17.0 Å². The highest BCUT2D eigenvalue weighted by atomic mass is 16.5. The minimum Gasteiger partial charge on any atom is -0.497 e. The predicted octanol–water partition coefficient (Wildman–Crippen LogP) is 3.35. The molecule has 0 radical (unpaired) electrons. The van der Waals surface area contributed by atoms with Crippen molar-refractivity contribution in [1.29, 1.82) is 5.26 Å². The van der Waals surface area contributed by atoms with Gasteiger partial charge in [-0.25, -0.2) is 9.97 Å². The maximum Gasteiger partial charge on any atom is 0.274 e. The number of amides is 1. The third-order valence-electron chi connectivity index (χ3n) is 3.46. The molecule has 0 saturated carbocycles. The number of methoxy groups -OCH3 is 1. The quantitative estimate of drug-likeness (QED) is 0.735. The van der Waals surface area contributed by atoms with Crippen LogP contribution in [0.3, 0.4) is 0 Å². The summed E-state index contributed by atoms with van der Waals surface area (Å²) in [5, 5.41) is 14.7. The lowest BCUT2D eigenvalue weighted by Gasteiger charge is -2.08. The van der Waals surface area contributed by atoms with E-state index < -0.39 is 5.91 Å². The van der Waals surface area contributed by atoms with Crippen LogP contribution in [-0.4, -0.2) is 23.0 Å². The number of nitriles is 1. The van der Waals surface area contributed by atoms with Gasteiger partial charge in [0.25, 0.3) is 5.91 Å². The average molecular weight is 345 g/mol. The Balaban J connectivity index is 1.75. The van der Waals surface area contributed by atoms with Crippen LogP contribution in [0.15, 0.2) is 60.8 Å². The average Bonchev–Trinajstić information content (AvgIpc) is 2.68. The number of rotatable bonds is 5. The van der Waals surface area contributed by atoms with E-state index in [9.17, 15) is 4.79 Å². The van der Waals surface area contributed by atoms with Gasteiger partial charge >= 0.3 is 0 Å². The summed E-state index contributed by atoms with van der Waals surface area (Å²) < 4.78 is 5.17. The van der Waals surface area contributed by atoms with E-state index in [1.165, 1.54) is 12.3 Å². The Labute approximate surface area is 150 Å². The van der Waals surface area contributed by atoms with Crippen LogP contribution < -0.4 is 15.4 Å². The summed E-state index contributed by atoms with van der Waals surface area (Å²) in [6, 6.07) is 17.5. The van der Waals surface area contributed by atoms with Crippen molar-refractivity contribution in [3.8, 4) is 11.8 Å². The molecule has 3 rings (SSSR count). The van der Waals surface area contributed by atoms with Crippen LogP contribution in [0.4, 0.5) is 17.3 Å². The van der Waals surface area contributed by atoms with E-state index in [-0.39, 0.29) is 11.6 Å². The van der Waals surface area contributed by atoms with Gasteiger partial charge in [0.2, 0.25) is 5.95 Å². The number of ether oxygens (including phenoxy) is 1. The molecule has 0 saturated heterocycles. The summed E-state index contributed by atoms with van der Waals surface area (Å²) in [4.78, 5) is 20.7. The number of aromatic nitrogens is 2. The lowest BCUT2D eigenvalue weighted by Crippen LogP contribution is -2.14. The van der Waals surface area contributed by atoms with Crippen molar-refractivity contribution < 1.29 is 9.53 Å². The standard InChI is InChI=1S/C19H15N5O2/c1-26-16-7-3-6-15(11-16)23-19-21-9-8-17(24-19)18(25)22-14-5-2-4-13(10-14)12-20/h2-11H,1H3,(H,22,25)(H,21,23,24). The molecular weight excluding hydrogens is 330 g/mol. The molecule has 2 N–H and O–H groups in total. The highest BCUT2D eigenvalue weighted by molar-refractivity contribution is 6.03. The predicted molar refractivity (Wildman–Crippen MR) is 97.4 cm³/mol. The number of nitrogens with zero attached hydrogens (tertiary/aromatic N) is 3. The fraction of sp³-hybridized carbons (Fsp3) is 0.0526. The summed E-state index contributed by atoms with van der Waals surface area (Å²) in [5.41, 5.74) is 1.93. The molecule has 0 aliphatic carbocycles. The van der Waals surface area contributed by atoms with Gasteiger partial charge in [0.05, 0.1) is 18.7 Å². The first-order valence-corrected chi connectivity index (χ1v) is 7.73. The zero-order chi connectivity index (χ0) is 18.4. The number of carbonyl (C=O) groups is 1. The molecule has 0 fully saturated rings. The largest absolute Gasteiger partial charge is 0.497 e. The lowest BCUT2D eigenvalue weighted by atomic mass is 10.2. The Hall–Kier alpha value is -3.92. The van der Waals surface area contributed by atoms with E-state index in [4.69, 9.17) is 10.00 Å². The van der Waals surface area contributed by atoms with Gasteiger partial charge in [-0.3, -0.25) is 4.79 Å². The third-order valence-corrected chi connectivity index (χ3v) is 3.46. The molecule has 1 heterocycles. The summed E-state index contributed by atoms with van der Waals surface area (Å²) >= 11 is 0. The fourth-order valence-corrected chi connectivity index (χ4v) is 2.24. The molecule has 0 atom stereocenters. The smallest absolute Gasteiger partial charge is 0.274 e.